The lowest BCUT2D eigenvalue weighted by Crippen LogP contribution is -2.45. The molecule has 3 rings (SSSR count). The number of aliphatic carboxylic acids is 1. The number of carbonyl (C=O) groups is 1. The van der Waals surface area contributed by atoms with Gasteiger partial charge in [0.05, 0.1) is 23.6 Å². The van der Waals surface area contributed by atoms with Crippen LogP contribution in [0.5, 0.6) is 0 Å². The van der Waals surface area contributed by atoms with Crippen LogP contribution in [0.3, 0.4) is 0 Å². The van der Waals surface area contributed by atoms with Crippen LogP contribution in [-0.4, -0.2) is 27.1 Å². The van der Waals surface area contributed by atoms with E-state index >= 15 is 0 Å². The molecule has 1 aromatic heterocycles. The summed E-state index contributed by atoms with van der Waals surface area (Å²) in [5, 5.41) is 12.1. The summed E-state index contributed by atoms with van der Waals surface area (Å²) in [6.45, 7) is 0. The number of carboxylic acids is 1. The van der Waals surface area contributed by atoms with Gasteiger partial charge in [-0.3, -0.25) is 10.1 Å². The molecule has 1 aliphatic rings. The maximum absolute atomic E-state index is 12.6. The molecule has 0 saturated carbocycles. The summed E-state index contributed by atoms with van der Waals surface area (Å²) in [4.78, 5) is 18.2. The highest BCUT2D eigenvalue weighted by Gasteiger charge is 2.34. The normalized spacial score (nSPS) is 21.4. The van der Waals surface area contributed by atoms with Gasteiger partial charge in [0.25, 0.3) is 0 Å². The van der Waals surface area contributed by atoms with Gasteiger partial charge in [-0.05, 0) is 17.7 Å². The van der Waals surface area contributed by atoms with Crippen molar-refractivity contribution in [3.05, 3.63) is 53.1 Å². The van der Waals surface area contributed by atoms with E-state index in [2.05, 4.69) is 15.3 Å². The first-order chi connectivity index (χ1) is 10.4. The van der Waals surface area contributed by atoms with Gasteiger partial charge in [-0.15, -0.1) is 0 Å². The molecule has 0 unspecified atom stereocenters. The minimum Gasteiger partial charge on any atom is -0.480 e. The van der Waals surface area contributed by atoms with Gasteiger partial charge in [0.15, 0.2) is 0 Å². The van der Waals surface area contributed by atoms with E-state index in [1.807, 2.05) is 0 Å². The number of hydrogen-bond donors (Lipinski definition) is 3. The molecule has 0 bridgehead atoms. The molecule has 0 fully saturated rings. The number of nitrogens with zero attached hydrogens (tertiary/aromatic N) is 1. The fraction of sp³-hybridized carbons (Fsp3) is 0.286. The number of benzene rings is 1. The SMILES string of the molecule is O=C(O)[C@@H]1Cc2[nH]cnc2[C@@H](c2ccc(C(F)(F)F)cc2)N1. The number of imidazole rings is 1. The molecular formula is C14H12F3N3O2. The van der Waals surface area contributed by atoms with Gasteiger partial charge in [0.2, 0.25) is 0 Å². The minimum absolute atomic E-state index is 0.252. The Hall–Kier alpha value is -2.35. The summed E-state index contributed by atoms with van der Waals surface area (Å²) in [5.41, 5.74) is 1.07. The van der Waals surface area contributed by atoms with Crippen LogP contribution in [0.4, 0.5) is 13.2 Å². The Balaban J connectivity index is 1.95. The zero-order chi connectivity index (χ0) is 15.9. The molecule has 0 aliphatic carbocycles. The van der Waals surface area contributed by atoms with Crippen LogP contribution in [0.1, 0.15) is 28.6 Å². The van der Waals surface area contributed by atoms with Gasteiger partial charge in [-0.1, -0.05) is 12.1 Å². The Morgan fingerprint density at radius 3 is 2.55 bits per heavy atom. The Morgan fingerprint density at radius 1 is 1.27 bits per heavy atom. The highest BCUT2D eigenvalue weighted by Crippen LogP contribution is 2.32. The van der Waals surface area contributed by atoms with Crippen molar-refractivity contribution in [1.29, 1.82) is 0 Å². The maximum Gasteiger partial charge on any atom is 0.416 e. The van der Waals surface area contributed by atoms with Gasteiger partial charge >= 0.3 is 12.1 Å². The van der Waals surface area contributed by atoms with E-state index in [0.717, 1.165) is 12.1 Å². The van der Waals surface area contributed by atoms with Gasteiger partial charge in [-0.2, -0.15) is 13.2 Å². The topological polar surface area (TPSA) is 78.0 Å². The van der Waals surface area contributed by atoms with Crippen molar-refractivity contribution in [2.24, 2.45) is 0 Å². The van der Waals surface area contributed by atoms with Crippen molar-refractivity contribution in [2.75, 3.05) is 0 Å². The predicted octanol–water partition coefficient (Wildman–Crippen LogP) is 2.12. The quantitative estimate of drug-likeness (QED) is 0.794. The molecule has 116 valence electrons. The predicted molar refractivity (Wildman–Crippen MR) is 70.1 cm³/mol. The van der Waals surface area contributed by atoms with Gasteiger partial charge < -0.3 is 10.1 Å². The third kappa shape index (κ3) is 2.57. The van der Waals surface area contributed by atoms with E-state index < -0.39 is 29.8 Å². The molecule has 0 saturated heterocycles. The van der Waals surface area contributed by atoms with E-state index in [4.69, 9.17) is 0 Å². The average Bonchev–Trinajstić information content (AvgIpc) is 2.93. The van der Waals surface area contributed by atoms with Crippen LogP contribution >= 0.6 is 0 Å². The smallest absolute Gasteiger partial charge is 0.416 e. The number of hydrogen-bond acceptors (Lipinski definition) is 3. The van der Waals surface area contributed by atoms with Crippen molar-refractivity contribution >= 4 is 5.97 Å². The van der Waals surface area contributed by atoms with Crippen molar-refractivity contribution in [3.63, 3.8) is 0 Å². The Morgan fingerprint density at radius 2 is 1.95 bits per heavy atom. The molecule has 0 radical (unpaired) electrons. The second-order valence-electron chi connectivity index (χ2n) is 5.08. The largest absolute Gasteiger partial charge is 0.480 e. The van der Waals surface area contributed by atoms with Crippen molar-refractivity contribution in [1.82, 2.24) is 15.3 Å². The van der Waals surface area contributed by atoms with Crippen molar-refractivity contribution < 1.29 is 23.1 Å². The van der Waals surface area contributed by atoms with Gasteiger partial charge in [0.1, 0.15) is 6.04 Å². The molecule has 2 aromatic rings. The Bertz CT molecular complexity index is 694. The maximum atomic E-state index is 12.6. The number of fused-ring (bicyclic) bond motifs is 1. The molecular weight excluding hydrogens is 299 g/mol. The molecule has 1 aliphatic heterocycles. The number of carboxylic acid groups (broad SMARTS) is 1. The van der Waals surface area contributed by atoms with Crippen LogP contribution in [0.2, 0.25) is 0 Å². The lowest BCUT2D eigenvalue weighted by molar-refractivity contribution is -0.140. The van der Waals surface area contributed by atoms with E-state index in [1.165, 1.54) is 18.5 Å². The average molecular weight is 311 g/mol. The minimum atomic E-state index is -4.40. The number of halogens is 3. The fourth-order valence-electron chi connectivity index (χ4n) is 2.56. The summed E-state index contributed by atoms with van der Waals surface area (Å²) >= 11 is 0. The zero-order valence-electron chi connectivity index (χ0n) is 11.2. The summed E-state index contributed by atoms with van der Waals surface area (Å²) < 4.78 is 37.8. The Labute approximate surface area is 123 Å². The standard InChI is InChI=1S/C14H12F3N3O2/c15-14(16,17)8-3-1-7(2-4-8)11-12-9(18-6-19-12)5-10(20-11)13(21)22/h1-4,6,10-11,20H,5H2,(H,18,19)(H,21,22)/t10-,11+/m0/s1. The highest BCUT2D eigenvalue weighted by atomic mass is 19.4. The lowest BCUT2D eigenvalue weighted by atomic mass is 9.93. The third-order valence-electron chi connectivity index (χ3n) is 3.67. The number of nitrogens with one attached hydrogen (secondary N) is 2. The summed E-state index contributed by atoms with van der Waals surface area (Å²) in [5.74, 6) is -1.02. The summed E-state index contributed by atoms with van der Waals surface area (Å²) in [7, 11) is 0. The number of aromatic amines is 1. The van der Waals surface area contributed by atoms with Crippen LogP contribution in [-0.2, 0) is 17.4 Å². The molecule has 5 nitrogen and oxygen atoms in total. The first-order valence-electron chi connectivity index (χ1n) is 6.54. The molecule has 2 heterocycles. The number of H-pyrrole nitrogens is 1. The molecule has 2 atom stereocenters. The van der Waals surface area contributed by atoms with Gasteiger partial charge in [-0.25, -0.2) is 4.98 Å². The highest BCUT2D eigenvalue weighted by molar-refractivity contribution is 5.74. The second-order valence-corrected chi connectivity index (χ2v) is 5.08. The Kier molecular flexibility index (Phi) is 3.40. The van der Waals surface area contributed by atoms with E-state index in [1.54, 1.807) is 0 Å². The van der Waals surface area contributed by atoms with E-state index in [0.29, 0.717) is 17.0 Å². The second kappa shape index (κ2) is 5.13. The molecule has 0 spiro atoms. The third-order valence-corrected chi connectivity index (χ3v) is 3.67. The summed E-state index contributed by atoms with van der Waals surface area (Å²) in [6, 6.07) is 3.26. The van der Waals surface area contributed by atoms with Crippen molar-refractivity contribution in [3.8, 4) is 0 Å². The van der Waals surface area contributed by atoms with Gasteiger partial charge in [0, 0.05) is 12.1 Å². The molecule has 1 aromatic carbocycles. The molecule has 3 N–H and O–H groups in total. The zero-order valence-corrected chi connectivity index (χ0v) is 11.2. The lowest BCUT2D eigenvalue weighted by Gasteiger charge is -2.28. The first kappa shape index (κ1) is 14.6. The van der Waals surface area contributed by atoms with Crippen LogP contribution < -0.4 is 5.32 Å². The van der Waals surface area contributed by atoms with Crippen LogP contribution in [0, 0.1) is 0 Å². The molecule has 0 amide bonds. The number of aromatic nitrogens is 2. The monoisotopic (exact) mass is 311 g/mol. The summed E-state index contributed by atoms with van der Waals surface area (Å²) in [6.07, 6.45) is -2.70. The molecule has 22 heavy (non-hydrogen) atoms. The van der Waals surface area contributed by atoms with Crippen LogP contribution in [0.25, 0.3) is 0 Å². The number of alkyl halides is 3. The fourth-order valence-corrected chi connectivity index (χ4v) is 2.56. The van der Waals surface area contributed by atoms with Crippen molar-refractivity contribution in [2.45, 2.75) is 24.7 Å². The van der Waals surface area contributed by atoms with Crippen LogP contribution in [0.15, 0.2) is 30.6 Å². The first-order valence-corrected chi connectivity index (χ1v) is 6.54. The number of rotatable bonds is 2. The van der Waals surface area contributed by atoms with E-state index in [9.17, 15) is 23.1 Å². The van der Waals surface area contributed by atoms with E-state index in [-0.39, 0.29) is 6.42 Å². The molecule has 8 heteroatoms.